The van der Waals surface area contributed by atoms with Gasteiger partial charge in [0.15, 0.2) is 0 Å². The number of anilines is 1. The Labute approximate surface area is 165 Å². The number of ether oxygens (including phenoxy) is 1. The lowest BCUT2D eigenvalue weighted by atomic mass is 10.1. The van der Waals surface area contributed by atoms with Gasteiger partial charge in [0.1, 0.15) is 0 Å². The summed E-state index contributed by atoms with van der Waals surface area (Å²) in [5, 5.41) is 2.70. The van der Waals surface area contributed by atoms with E-state index in [-0.39, 0.29) is 24.7 Å². The maximum atomic E-state index is 12.2. The minimum atomic E-state index is -0.402. The Bertz CT molecular complexity index is 803. The van der Waals surface area contributed by atoms with Gasteiger partial charge in [-0.3, -0.25) is 14.4 Å². The van der Waals surface area contributed by atoms with Crippen LogP contribution in [0.3, 0.4) is 0 Å². The van der Waals surface area contributed by atoms with Crippen LogP contribution in [0.5, 0.6) is 0 Å². The first-order valence-electron chi connectivity index (χ1n) is 9.27. The van der Waals surface area contributed by atoms with Crippen molar-refractivity contribution in [3.8, 4) is 0 Å². The maximum absolute atomic E-state index is 12.2. The van der Waals surface area contributed by atoms with Crippen molar-refractivity contribution in [3.05, 3.63) is 65.7 Å². The Hall–Kier alpha value is -3.15. The fraction of sp³-hybridized carbons (Fsp3) is 0.318. The molecule has 0 aliphatic heterocycles. The highest BCUT2D eigenvalue weighted by molar-refractivity contribution is 6.03. The number of carbonyl (C=O) groups excluding carboxylic acids is 3. The van der Waals surface area contributed by atoms with Gasteiger partial charge in [0.05, 0.1) is 24.3 Å². The second kappa shape index (κ2) is 10.9. The highest BCUT2D eigenvalue weighted by Gasteiger charge is 2.15. The number of nitrogens with one attached hydrogen (secondary N) is 1. The number of carbonyl (C=O) groups is 3. The van der Waals surface area contributed by atoms with E-state index in [9.17, 15) is 14.4 Å². The van der Waals surface area contributed by atoms with Crippen LogP contribution in [0.1, 0.15) is 35.2 Å². The summed E-state index contributed by atoms with van der Waals surface area (Å²) in [7, 11) is 3.30. The molecule has 2 aromatic carbocycles. The fourth-order valence-corrected chi connectivity index (χ4v) is 2.63. The third-order valence-electron chi connectivity index (χ3n) is 4.11. The molecule has 6 nitrogen and oxygen atoms in total. The van der Waals surface area contributed by atoms with Gasteiger partial charge >= 0.3 is 5.97 Å². The average Bonchev–Trinajstić information content (AvgIpc) is 2.70. The first kappa shape index (κ1) is 21.2. The van der Waals surface area contributed by atoms with Crippen LogP contribution < -0.4 is 5.32 Å². The topological polar surface area (TPSA) is 75.7 Å². The number of hydrogen-bond acceptors (Lipinski definition) is 4. The van der Waals surface area contributed by atoms with Gasteiger partial charge in [0.2, 0.25) is 5.91 Å². The van der Waals surface area contributed by atoms with E-state index in [1.54, 1.807) is 38.4 Å². The van der Waals surface area contributed by atoms with E-state index >= 15 is 0 Å². The van der Waals surface area contributed by atoms with Crippen molar-refractivity contribution >= 4 is 23.5 Å². The number of benzene rings is 2. The van der Waals surface area contributed by atoms with Gasteiger partial charge in [0, 0.05) is 20.5 Å². The predicted octanol–water partition coefficient (Wildman–Crippen LogP) is 3.28. The van der Waals surface area contributed by atoms with Crippen molar-refractivity contribution in [3.63, 3.8) is 0 Å². The molecule has 2 aromatic rings. The maximum Gasteiger partial charge on any atom is 0.306 e. The monoisotopic (exact) mass is 382 g/mol. The lowest BCUT2D eigenvalue weighted by molar-refractivity contribution is -0.144. The van der Waals surface area contributed by atoms with Crippen LogP contribution in [-0.2, 0) is 20.7 Å². The molecule has 0 aromatic heterocycles. The molecule has 0 radical (unpaired) electrons. The standard InChI is InChI=1S/C22H26N2O4/c1-24(2)22(27)18-12-6-7-13-19(18)23-20(25)14-15-21(26)28-16-8-11-17-9-4-3-5-10-17/h3-7,9-10,12-13H,8,11,14-16H2,1-2H3,(H,23,25). The van der Waals surface area contributed by atoms with Crippen molar-refractivity contribution < 1.29 is 19.1 Å². The summed E-state index contributed by atoms with van der Waals surface area (Å²) < 4.78 is 5.18. The molecule has 0 saturated heterocycles. The van der Waals surface area contributed by atoms with Crippen LogP contribution >= 0.6 is 0 Å². The molecule has 0 fully saturated rings. The molecule has 0 unspecified atom stereocenters. The highest BCUT2D eigenvalue weighted by atomic mass is 16.5. The average molecular weight is 382 g/mol. The Kier molecular flexibility index (Phi) is 8.21. The molecular formula is C22H26N2O4. The summed E-state index contributed by atoms with van der Waals surface area (Å²) in [6, 6.07) is 16.8. The fourth-order valence-electron chi connectivity index (χ4n) is 2.63. The van der Waals surface area contributed by atoms with Crippen molar-refractivity contribution in [2.45, 2.75) is 25.7 Å². The van der Waals surface area contributed by atoms with Crippen molar-refractivity contribution in [1.29, 1.82) is 0 Å². The molecule has 0 aliphatic rings. The zero-order valence-electron chi connectivity index (χ0n) is 16.3. The van der Waals surface area contributed by atoms with Crippen LogP contribution in [0.25, 0.3) is 0 Å². The number of aryl methyl sites for hydroxylation is 1. The smallest absolute Gasteiger partial charge is 0.306 e. The second-order valence-electron chi connectivity index (χ2n) is 6.60. The zero-order chi connectivity index (χ0) is 20.4. The minimum Gasteiger partial charge on any atom is -0.466 e. The van der Waals surface area contributed by atoms with Crippen LogP contribution in [0.4, 0.5) is 5.69 Å². The summed E-state index contributed by atoms with van der Waals surface area (Å²) in [5.74, 6) is -0.935. The van der Waals surface area contributed by atoms with E-state index in [1.165, 1.54) is 10.5 Å². The quantitative estimate of drug-likeness (QED) is 0.533. The molecule has 2 rings (SSSR count). The Morgan fingerprint density at radius 3 is 2.32 bits per heavy atom. The van der Waals surface area contributed by atoms with E-state index < -0.39 is 5.97 Å². The lowest BCUT2D eigenvalue weighted by Gasteiger charge is -2.14. The summed E-state index contributed by atoms with van der Waals surface area (Å²) in [6.07, 6.45) is 1.58. The van der Waals surface area contributed by atoms with E-state index in [4.69, 9.17) is 4.74 Å². The van der Waals surface area contributed by atoms with Crippen LogP contribution in [0, 0.1) is 0 Å². The summed E-state index contributed by atoms with van der Waals surface area (Å²) in [4.78, 5) is 37.6. The zero-order valence-corrected chi connectivity index (χ0v) is 16.3. The second-order valence-corrected chi connectivity index (χ2v) is 6.60. The van der Waals surface area contributed by atoms with Gasteiger partial charge < -0.3 is 15.0 Å². The molecule has 0 spiro atoms. The molecule has 6 heteroatoms. The van der Waals surface area contributed by atoms with E-state index in [1.807, 2.05) is 30.3 Å². The van der Waals surface area contributed by atoms with E-state index in [0.29, 0.717) is 17.9 Å². The van der Waals surface area contributed by atoms with Crippen molar-refractivity contribution in [1.82, 2.24) is 4.90 Å². The van der Waals surface area contributed by atoms with Gasteiger partial charge in [-0.05, 0) is 30.5 Å². The number of nitrogens with zero attached hydrogens (tertiary/aromatic N) is 1. The first-order valence-corrected chi connectivity index (χ1v) is 9.27. The molecule has 28 heavy (non-hydrogen) atoms. The molecule has 148 valence electrons. The highest BCUT2D eigenvalue weighted by Crippen LogP contribution is 2.17. The largest absolute Gasteiger partial charge is 0.466 e. The Balaban J connectivity index is 1.72. The van der Waals surface area contributed by atoms with Gasteiger partial charge in [-0.25, -0.2) is 0 Å². The first-order chi connectivity index (χ1) is 13.5. The summed E-state index contributed by atoms with van der Waals surface area (Å²) in [6.45, 7) is 0.329. The van der Waals surface area contributed by atoms with Crippen molar-refractivity contribution in [2.24, 2.45) is 0 Å². The molecule has 1 N–H and O–H groups in total. The molecule has 0 atom stereocenters. The molecule has 0 aliphatic carbocycles. The molecule has 2 amide bonds. The third kappa shape index (κ3) is 6.87. The van der Waals surface area contributed by atoms with E-state index in [0.717, 1.165) is 12.8 Å². The van der Waals surface area contributed by atoms with Crippen molar-refractivity contribution in [2.75, 3.05) is 26.0 Å². The number of rotatable bonds is 9. The molecule has 0 saturated carbocycles. The van der Waals surface area contributed by atoms with Gasteiger partial charge in [-0.15, -0.1) is 0 Å². The van der Waals surface area contributed by atoms with Crippen LogP contribution in [0.2, 0.25) is 0 Å². The summed E-state index contributed by atoms with van der Waals surface area (Å²) in [5.41, 5.74) is 2.04. The Morgan fingerprint density at radius 1 is 0.929 bits per heavy atom. The molecule has 0 bridgehead atoms. The number of amides is 2. The SMILES string of the molecule is CN(C)C(=O)c1ccccc1NC(=O)CCC(=O)OCCCc1ccccc1. The number of esters is 1. The lowest BCUT2D eigenvalue weighted by Crippen LogP contribution is -2.24. The predicted molar refractivity (Wildman–Crippen MR) is 108 cm³/mol. The van der Waals surface area contributed by atoms with Gasteiger partial charge in [-0.2, -0.15) is 0 Å². The van der Waals surface area contributed by atoms with Gasteiger partial charge in [-0.1, -0.05) is 42.5 Å². The Morgan fingerprint density at radius 2 is 1.61 bits per heavy atom. The summed E-state index contributed by atoms with van der Waals surface area (Å²) >= 11 is 0. The molecule has 0 heterocycles. The van der Waals surface area contributed by atoms with Gasteiger partial charge in [0.25, 0.3) is 5.91 Å². The third-order valence-corrected chi connectivity index (χ3v) is 4.11. The van der Waals surface area contributed by atoms with Crippen LogP contribution in [0.15, 0.2) is 54.6 Å². The molecular weight excluding hydrogens is 356 g/mol. The number of hydrogen-bond donors (Lipinski definition) is 1. The van der Waals surface area contributed by atoms with E-state index in [2.05, 4.69) is 5.32 Å². The normalized spacial score (nSPS) is 10.2. The number of para-hydroxylation sites is 1. The minimum absolute atomic E-state index is 0.000957. The van der Waals surface area contributed by atoms with Crippen LogP contribution in [-0.4, -0.2) is 43.4 Å².